The standard InChI is InChI=1S/C15H26N2O2/c1-9-7-13(19-6)10(2)11(3)14(9)15(17(4)5)12(16)8-18/h7,12,15,18H,8,16H2,1-6H3. The number of methoxy groups -OCH3 is 1. The van der Waals surface area contributed by atoms with E-state index in [0.717, 1.165) is 16.9 Å². The summed E-state index contributed by atoms with van der Waals surface area (Å²) in [6.07, 6.45) is 0. The lowest BCUT2D eigenvalue weighted by atomic mass is 9.88. The quantitative estimate of drug-likeness (QED) is 0.849. The van der Waals surface area contributed by atoms with E-state index in [1.54, 1.807) is 7.11 Å². The van der Waals surface area contributed by atoms with Gasteiger partial charge in [0.2, 0.25) is 0 Å². The molecule has 0 saturated carbocycles. The van der Waals surface area contributed by atoms with Gasteiger partial charge in [-0.15, -0.1) is 0 Å². The normalized spacial score (nSPS) is 14.6. The molecule has 0 spiro atoms. The molecule has 0 aliphatic heterocycles. The molecule has 0 amide bonds. The van der Waals surface area contributed by atoms with Crippen LogP contribution in [-0.4, -0.2) is 43.9 Å². The van der Waals surface area contributed by atoms with Crippen LogP contribution in [0.4, 0.5) is 0 Å². The minimum absolute atomic E-state index is 0.00499. The number of ether oxygens (including phenoxy) is 1. The van der Waals surface area contributed by atoms with Crippen molar-refractivity contribution in [3.63, 3.8) is 0 Å². The van der Waals surface area contributed by atoms with E-state index in [-0.39, 0.29) is 18.7 Å². The van der Waals surface area contributed by atoms with Gasteiger partial charge < -0.3 is 20.5 Å². The van der Waals surface area contributed by atoms with Crippen molar-refractivity contribution in [1.29, 1.82) is 0 Å². The maximum absolute atomic E-state index is 9.39. The average Bonchev–Trinajstić information content (AvgIpc) is 2.37. The summed E-state index contributed by atoms with van der Waals surface area (Å²) in [5.41, 5.74) is 10.7. The highest BCUT2D eigenvalue weighted by atomic mass is 16.5. The van der Waals surface area contributed by atoms with Crippen molar-refractivity contribution in [3.05, 3.63) is 28.3 Å². The highest BCUT2D eigenvalue weighted by Gasteiger charge is 2.26. The fourth-order valence-electron chi connectivity index (χ4n) is 2.69. The van der Waals surface area contributed by atoms with Crippen LogP contribution in [0.25, 0.3) is 0 Å². The van der Waals surface area contributed by atoms with Gasteiger partial charge in [-0.25, -0.2) is 0 Å². The Kier molecular flexibility index (Phi) is 5.35. The number of nitrogens with two attached hydrogens (primary N) is 1. The minimum Gasteiger partial charge on any atom is -0.496 e. The van der Waals surface area contributed by atoms with Gasteiger partial charge >= 0.3 is 0 Å². The molecule has 0 aromatic heterocycles. The summed E-state index contributed by atoms with van der Waals surface area (Å²) < 4.78 is 5.39. The molecule has 0 aliphatic rings. The lowest BCUT2D eigenvalue weighted by molar-refractivity contribution is 0.180. The number of aliphatic hydroxyl groups excluding tert-OH is 1. The second-order valence-corrected chi connectivity index (χ2v) is 5.31. The van der Waals surface area contributed by atoms with E-state index in [0.29, 0.717) is 0 Å². The predicted molar refractivity (Wildman–Crippen MR) is 78.7 cm³/mol. The van der Waals surface area contributed by atoms with Gasteiger partial charge in [0.25, 0.3) is 0 Å². The molecule has 0 heterocycles. The zero-order valence-electron chi connectivity index (χ0n) is 12.8. The number of nitrogens with zero attached hydrogens (tertiary/aromatic N) is 1. The van der Waals surface area contributed by atoms with Gasteiger partial charge in [0.1, 0.15) is 5.75 Å². The number of aryl methyl sites for hydroxylation is 1. The van der Waals surface area contributed by atoms with Gasteiger partial charge in [-0.2, -0.15) is 0 Å². The van der Waals surface area contributed by atoms with Crippen LogP contribution >= 0.6 is 0 Å². The van der Waals surface area contributed by atoms with Crippen LogP contribution < -0.4 is 10.5 Å². The molecule has 4 heteroatoms. The molecule has 2 unspecified atom stereocenters. The zero-order valence-corrected chi connectivity index (χ0v) is 12.8. The number of aliphatic hydroxyl groups is 1. The van der Waals surface area contributed by atoms with E-state index in [1.807, 2.05) is 27.1 Å². The van der Waals surface area contributed by atoms with Crippen LogP contribution in [0.2, 0.25) is 0 Å². The maximum atomic E-state index is 9.39. The van der Waals surface area contributed by atoms with Crippen molar-refractivity contribution in [3.8, 4) is 5.75 Å². The highest BCUT2D eigenvalue weighted by molar-refractivity contribution is 5.49. The molecule has 108 valence electrons. The van der Waals surface area contributed by atoms with Crippen LogP contribution in [0.5, 0.6) is 5.75 Å². The molecule has 19 heavy (non-hydrogen) atoms. The molecule has 0 radical (unpaired) electrons. The second-order valence-electron chi connectivity index (χ2n) is 5.31. The molecule has 0 bridgehead atoms. The molecule has 4 nitrogen and oxygen atoms in total. The lowest BCUT2D eigenvalue weighted by Gasteiger charge is -2.32. The summed E-state index contributed by atoms with van der Waals surface area (Å²) in [6.45, 7) is 6.16. The van der Waals surface area contributed by atoms with Crippen molar-refractivity contribution in [2.75, 3.05) is 27.8 Å². The Morgan fingerprint density at radius 3 is 2.26 bits per heavy atom. The van der Waals surface area contributed by atoms with Gasteiger partial charge in [-0.1, -0.05) is 0 Å². The molecule has 1 aromatic rings. The van der Waals surface area contributed by atoms with Crippen molar-refractivity contribution >= 4 is 0 Å². The molecule has 0 saturated heterocycles. The van der Waals surface area contributed by atoms with E-state index in [2.05, 4.69) is 18.7 Å². The molecule has 1 aromatic carbocycles. The molecule has 3 N–H and O–H groups in total. The largest absolute Gasteiger partial charge is 0.496 e. The van der Waals surface area contributed by atoms with Gasteiger partial charge in [0.05, 0.1) is 19.8 Å². The summed E-state index contributed by atoms with van der Waals surface area (Å²) in [5.74, 6) is 0.897. The Balaban J connectivity index is 3.43. The second kappa shape index (κ2) is 6.37. The van der Waals surface area contributed by atoms with E-state index in [1.165, 1.54) is 11.1 Å². The fraction of sp³-hybridized carbons (Fsp3) is 0.600. The number of rotatable bonds is 5. The molecular formula is C15H26N2O2. The van der Waals surface area contributed by atoms with E-state index in [9.17, 15) is 5.11 Å². The summed E-state index contributed by atoms with van der Waals surface area (Å²) in [5, 5.41) is 9.39. The third-order valence-electron chi connectivity index (χ3n) is 3.80. The van der Waals surface area contributed by atoms with Crippen LogP contribution in [0.1, 0.15) is 28.3 Å². The van der Waals surface area contributed by atoms with Crippen molar-refractivity contribution in [1.82, 2.24) is 4.90 Å². The van der Waals surface area contributed by atoms with Crippen LogP contribution in [0.15, 0.2) is 6.07 Å². The van der Waals surface area contributed by atoms with Crippen molar-refractivity contribution in [2.24, 2.45) is 5.73 Å². The number of hydrogen-bond donors (Lipinski definition) is 2. The van der Waals surface area contributed by atoms with Gasteiger partial charge in [-0.05, 0) is 63.2 Å². The smallest absolute Gasteiger partial charge is 0.122 e. The van der Waals surface area contributed by atoms with Crippen LogP contribution in [-0.2, 0) is 0 Å². The number of likely N-dealkylation sites (N-methyl/N-ethyl adjacent to an activating group) is 1. The number of hydrogen-bond acceptors (Lipinski definition) is 4. The number of benzene rings is 1. The first-order chi connectivity index (χ1) is 8.84. The molecule has 0 aliphatic carbocycles. The zero-order chi connectivity index (χ0) is 14.7. The Morgan fingerprint density at radius 2 is 1.84 bits per heavy atom. The van der Waals surface area contributed by atoms with E-state index < -0.39 is 0 Å². The highest BCUT2D eigenvalue weighted by Crippen LogP contribution is 2.34. The lowest BCUT2D eigenvalue weighted by Crippen LogP contribution is -2.40. The first kappa shape index (κ1) is 16.0. The Labute approximate surface area is 116 Å². The van der Waals surface area contributed by atoms with Gasteiger partial charge in [-0.3, -0.25) is 0 Å². The van der Waals surface area contributed by atoms with E-state index in [4.69, 9.17) is 10.5 Å². The Bertz CT molecular complexity index is 444. The maximum Gasteiger partial charge on any atom is 0.122 e. The van der Waals surface area contributed by atoms with Crippen molar-refractivity contribution in [2.45, 2.75) is 32.9 Å². The van der Waals surface area contributed by atoms with Crippen LogP contribution in [0.3, 0.4) is 0 Å². The summed E-state index contributed by atoms with van der Waals surface area (Å²) in [7, 11) is 5.65. The third-order valence-corrected chi connectivity index (χ3v) is 3.80. The fourth-order valence-corrected chi connectivity index (χ4v) is 2.69. The SMILES string of the molecule is COc1cc(C)c(C(C(N)CO)N(C)C)c(C)c1C. The van der Waals surface area contributed by atoms with Gasteiger partial charge in [0, 0.05) is 6.04 Å². The summed E-state index contributed by atoms with van der Waals surface area (Å²) >= 11 is 0. The topological polar surface area (TPSA) is 58.7 Å². The monoisotopic (exact) mass is 266 g/mol. The average molecular weight is 266 g/mol. The van der Waals surface area contributed by atoms with Crippen LogP contribution in [0, 0.1) is 20.8 Å². The van der Waals surface area contributed by atoms with Crippen molar-refractivity contribution < 1.29 is 9.84 Å². The Hall–Kier alpha value is -1.10. The Morgan fingerprint density at radius 1 is 1.26 bits per heavy atom. The summed E-state index contributed by atoms with van der Waals surface area (Å²) in [4.78, 5) is 2.06. The third kappa shape index (κ3) is 3.08. The molecule has 0 fully saturated rings. The van der Waals surface area contributed by atoms with Gasteiger partial charge in [0.15, 0.2) is 0 Å². The molecular weight excluding hydrogens is 240 g/mol. The minimum atomic E-state index is -0.305. The first-order valence-corrected chi connectivity index (χ1v) is 6.52. The predicted octanol–water partition coefficient (Wildman–Crippen LogP) is 1.54. The van der Waals surface area contributed by atoms with E-state index >= 15 is 0 Å². The molecule has 1 rings (SSSR count). The summed E-state index contributed by atoms with van der Waals surface area (Å²) in [6, 6.07) is 1.73. The molecule has 2 atom stereocenters. The first-order valence-electron chi connectivity index (χ1n) is 6.52.